The number of hydrogen-bond donors (Lipinski definition) is 0. The van der Waals surface area contributed by atoms with Crippen LogP contribution in [0.3, 0.4) is 0 Å². The Kier molecular flexibility index (Phi) is 6.05. The molecule has 8 heteroatoms. The Balaban J connectivity index is 1.94. The van der Waals surface area contributed by atoms with E-state index < -0.39 is 12.0 Å². The molecule has 0 N–H and O–H groups in total. The van der Waals surface area contributed by atoms with Gasteiger partial charge in [-0.1, -0.05) is 35.6 Å². The van der Waals surface area contributed by atoms with E-state index in [0.717, 1.165) is 5.56 Å². The van der Waals surface area contributed by atoms with Crippen molar-refractivity contribution >= 4 is 23.4 Å². The van der Waals surface area contributed by atoms with E-state index in [9.17, 15) is 14.0 Å². The predicted octanol–water partition coefficient (Wildman–Crippen LogP) is 2.95. The van der Waals surface area contributed by atoms with Crippen molar-refractivity contribution in [2.45, 2.75) is 19.9 Å². The number of esters is 1. The summed E-state index contributed by atoms with van der Waals surface area (Å²) in [5.41, 5.74) is 1.77. The first-order valence-electron chi connectivity index (χ1n) is 10.0. The fourth-order valence-electron chi connectivity index (χ4n) is 3.64. The monoisotopic (exact) mass is 452 g/mol. The Morgan fingerprint density at radius 3 is 2.66 bits per heavy atom. The molecule has 1 aliphatic heterocycles. The minimum Gasteiger partial charge on any atom is -0.497 e. The summed E-state index contributed by atoms with van der Waals surface area (Å²) < 4.78 is 26.0. The standard InChI is InChI=1S/C24H21FN2O4S/c1-4-31-23(29)20-14(2)26-24-27(21(20)16-8-10-18(30-3)11-9-16)22(28)19(32-24)13-15-6-5-7-17(25)12-15/h5-13,21H,4H2,1-3H3/t21-/m0/s1. The molecule has 0 bridgehead atoms. The zero-order valence-electron chi connectivity index (χ0n) is 17.8. The van der Waals surface area contributed by atoms with Gasteiger partial charge in [0.2, 0.25) is 0 Å². The van der Waals surface area contributed by atoms with Crippen molar-refractivity contribution in [1.29, 1.82) is 0 Å². The zero-order valence-corrected chi connectivity index (χ0v) is 18.6. The van der Waals surface area contributed by atoms with Gasteiger partial charge in [-0.25, -0.2) is 14.2 Å². The molecule has 2 heterocycles. The van der Waals surface area contributed by atoms with Crippen molar-refractivity contribution in [1.82, 2.24) is 4.57 Å². The number of aromatic nitrogens is 1. The Labute approximate surface area is 187 Å². The topological polar surface area (TPSA) is 69.9 Å². The van der Waals surface area contributed by atoms with Crippen LogP contribution in [0.25, 0.3) is 6.08 Å². The van der Waals surface area contributed by atoms with E-state index in [-0.39, 0.29) is 18.0 Å². The Hall–Kier alpha value is -3.52. The second-order valence-corrected chi connectivity index (χ2v) is 8.14. The summed E-state index contributed by atoms with van der Waals surface area (Å²) in [6.07, 6.45) is 1.63. The van der Waals surface area contributed by atoms with Crippen LogP contribution < -0.4 is 19.6 Å². The molecule has 0 saturated heterocycles. The minimum absolute atomic E-state index is 0.203. The molecule has 1 atom stereocenters. The Bertz CT molecular complexity index is 1390. The number of ether oxygens (including phenoxy) is 2. The summed E-state index contributed by atoms with van der Waals surface area (Å²) in [4.78, 5) is 31.3. The molecule has 0 aliphatic carbocycles. The smallest absolute Gasteiger partial charge is 0.338 e. The molecule has 0 radical (unpaired) electrons. The molecule has 164 valence electrons. The number of hydrogen-bond acceptors (Lipinski definition) is 6. The van der Waals surface area contributed by atoms with Gasteiger partial charge in [0.1, 0.15) is 11.6 Å². The number of carbonyl (C=O) groups is 1. The lowest BCUT2D eigenvalue weighted by molar-refractivity contribution is -0.139. The van der Waals surface area contributed by atoms with Crippen molar-refractivity contribution in [2.24, 2.45) is 4.99 Å². The van der Waals surface area contributed by atoms with Crippen LogP contribution in [0.4, 0.5) is 4.39 Å². The van der Waals surface area contributed by atoms with Crippen LogP contribution in [0.2, 0.25) is 0 Å². The third kappa shape index (κ3) is 4.01. The lowest BCUT2D eigenvalue weighted by atomic mass is 9.96. The number of benzene rings is 2. The number of allylic oxidation sites excluding steroid dienone is 1. The maximum absolute atomic E-state index is 13.6. The second-order valence-electron chi connectivity index (χ2n) is 7.13. The minimum atomic E-state index is -0.703. The van der Waals surface area contributed by atoms with Crippen LogP contribution >= 0.6 is 11.3 Å². The molecule has 0 spiro atoms. The molecule has 0 amide bonds. The number of nitrogens with zero attached hydrogens (tertiary/aromatic N) is 2. The summed E-state index contributed by atoms with van der Waals surface area (Å²) in [7, 11) is 1.57. The third-order valence-electron chi connectivity index (χ3n) is 5.10. The van der Waals surface area contributed by atoms with Gasteiger partial charge in [-0.15, -0.1) is 0 Å². The van der Waals surface area contributed by atoms with Crippen molar-refractivity contribution < 1.29 is 18.7 Å². The van der Waals surface area contributed by atoms with Crippen LogP contribution in [-0.4, -0.2) is 24.3 Å². The SMILES string of the molecule is CCOC(=O)C1=C(C)N=c2sc(=Cc3cccc(F)c3)c(=O)n2[C@H]1c1ccc(OC)cc1. The number of halogens is 1. The van der Waals surface area contributed by atoms with Crippen LogP contribution in [0.15, 0.2) is 69.6 Å². The molecule has 0 saturated carbocycles. The van der Waals surface area contributed by atoms with Gasteiger partial charge in [-0.3, -0.25) is 9.36 Å². The maximum Gasteiger partial charge on any atom is 0.338 e. The third-order valence-corrected chi connectivity index (χ3v) is 6.08. The van der Waals surface area contributed by atoms with E-state index in [1.54, 1.807) is 51.3 Å². The van der Waals surface area contributed by atoms with Gasteiger partial charge in [0.25, 0.3) is 5.56 Å². The van der Waals surface area contributed by atoms with Gasteiger partial charge in [0.05, 0.1) is 35.6 Å². The maximum atomic E-state index is 13.6. The normalized spacial score (nSPS) is 15.9. The Morgan fingerprint density at radius 1 is 1.25 bits per heavy atom. The lowest BCUT2D eigenvalue weighted by Crippen LogP contribution is -2.39. The van der Waals surface area contributed by atoms with E-state index >= 15 is 0 Å². The van der Waals surface area contributed by atoms with Crippen molar-refractivity contribution in [2.75, 3.05) is 13.7 Å². The molecular formula is C24H21FN2O4S. The predicted molar refractivity (Wildman–Crippen MR) is 120 cm³/mol. The quantitative estimate of drug-likeness (QED) is 0.558. The number of fused-ring (bicyclic) bond motifs is 1. The summed E-state index contributed by atoms with van der Waals surface area (Å²) >= 11 is 1.19. The first-order valence-corrected chi connectivity index (χ1v) is 10.8. The van der Waals surface area contributed by atoms with Gasteiger partial charge in [0.15, 0.2) is 4.80 Å². The number of rotatable bonds is 5. The van der Waals surface area contributed by atoms with Gasteiger partial charge < -0.3 is 9.47 Å². The lowest BCUT2D eigenvalue weighted by Gasteiger charge is -2.24. The van der Waals surface area contributed by atoms with E-state index in [2.05, 4.69) is 4.99 Å². The van der Waals surface area contributed by atoms with E-state index in [1.165, 1.54) is 28.0 Å². The Morgan fingerprint density at radius 2 is 2.00 bits per heavy atom. The van der Waals surface area contributed by atoms with Crippen molar-refractivity contribution in [3.63, 3.8) is 0 Å². The number of carbonyl (C=O) groups excluding carboxylic acids is 1. The van der Waals surface area contributed by atoms with Crippen LogP contribution in [0.1, 0.15) is 31.0 Å². The van der Waals surface area contributed by atoms with Crippen LogP contribution in [0.5, 0.6) is 5.75 Å². The molecule has 0 fully saturated rings. The highest BCUT2D eigenvalue weighted by atomic mass is 32.1. The molecule has 0 unspecified atom stereocenters. The summed E-state index contributed by atoms with van der Waals surface area (Å²) in [5, 5.41) is 0. The highest BCUT2D eigenvalue weighted by Crippen LogP contribution is 2.31. The average molecular weight is 453 g/mol. The van der Waals surface area contributed by atoms with Gasteiger partial charge in [-0.05, 0) is 55.3 Å². The molecule has 32 heavy (non-hydrogen) atoms. The van der Waals surface area contributed by atoms with Crippen LogP contribution in [-0.2, 0) is 9.53 Å². The van der Waals surface area contributed by atoms with E-state index in [0.29, 0.717) is 31.9 Å². The molecular weight excluding hydrogens is 431 g/mol. The fraction of sp³-hybridized carbons (Fsp3) is 0.208. The highest BCUT2D eigenvalue weighted by Gasteiger charge is 2.33. The summed E-state index contributed by atoms with van der Waals surface area (Å²) in [6, 6.07) is 12.5. The molecule has 1 aliphatic rings. The van der Waals surface area contributed by atoms with E-state index in [1.807, 2.05) is 12.1 Å². The van der Waals surface area contributed by atoms with Crippen LogP contribution in [0, 0.1) is 5.82 Å². The fourth-order valence-corrected chi connectivity index (χ4v) is 4.69. The summed E-state index contributed by atoms with van der Waals surface area (Å²) in [5.74, 6) is -0.247. The number of thiazole rings is 1. The van der Waals surface area contributed by atoms with Crippen molar-refractivity contribution in [3.8, 4) is 5.75 Å². The molecule has 2 aromatic carbocycles. The van der Waals surface area contributed by atoms with Crippen molar-refractivity contribution in [3.05, 3.63) is 96.4 Å². The molecule has 3 aromatic rings. The highest BCUT2D eigenvalue weighted by molar-refractivity contribution is 7.07. The molecule has 1 aromatic heterocycles. The van der Waals surface area contributed by atoms with E-state index in [4.69, 9.17) is 9.47 Å². The largest absolute Gasteiger partial charge is 0.497 e. The van der Waals surface area contributed by atoms with Gasteiger partial charge >= 0.3 is 5.97 Å². The second kappa shape index (κ2) is 8.92. The average Bonchev–Trinajstić information content (AvgIpc) is 3.07. The number of methoxy groups -OCH3 is 1. The first kappa shape index (κ1) is 21.7. The van der Waals surface area contributed by atoms with Gasteiger partial charge in [0, 0.05) is 0 Å². The zero-order chi connectivity index (χ0) is 22.8. The van der Waals surface area contributed by atoms with Gasteiger partial charge in [-0.2, -0.15) is 0 Å². The first-order chi connectivity index (χ1) is 15.4. The summed E-state index contributed by atoms with van der Waals surface area (Å²) in [6.45, 7) is 3.66. The molecule has 4 rings (SSSR count). The molecule has 6 nitrogen and oxygen atoms in total.